The Kier molecular flexibility index (Phi) is 10.3. The summed E-state index contributed by atoms with van der Waals surface area (Å²) in [6.07, 6.45) is 4.36. The Morgan fingerprint density at radius 1 is 1.05 bits per heavy atom. The number of amides is 1. The smallest absolute Gasteiger partial charge is 0.442 e. The Hall–Kier alpha value is -2.91. The minimum atomic E-state index is -1.96. The number of halogens is 1. The van der Waals surface area contributed by atoms with Crippen LogP contribution in [0.25, 0.3) is 0 Å². The molecule has 0 aromatic carbocycles. The molecule has 0 aromatic heterocycles. The van der Waals surface area contributed by atoms with E-state index in [1.54, 1.807) is 13.0 Å². The Bertz CT molecular complexity index is 1150. The van der Waals surface area contributed by atoms with Gasteiger partial charge in [-0.25, -0.2) is 14.0 Å². The lowest BCUT2D eigenvalue weighted by atomic mass is 9.45. The third-order valence-corrected chi connectivity index (χ3v) is 9.93. The highest BCUT2D eigenvalue weighted by Gasteiger charge is 2.70. The Labute approximate surface area is 248 Å². The van der Waals surface area contributed by atoms with Crippen molar-refractivity contribution in [3.05, 3.63) is 23.8 Å². The number of ketones is 2. The van der Waals surface area contributed by atoms with Gasteiger partial charge in [0, 0.05) is 17.3 Å². The van der Waals surface area contributed by atoms with Crippen molar-refractivity contribution in [3.63, 3.8) is 0 Å². The normalized spacial score (nSPS) is 34.5. The molecule has 0 spiro atoms. The number of carbonyl (C=O) groups is 4. The number of aliphatic hydroxyl groups excluding tert-OH is 1. The number of nitrogens with one attached hydrogen (secondary N) is 1. The number of alkyl halides is 1. The molecule has 1 amide bonds. The van der Waals surface area contributed by atoms with E-state index in [0.717, 1.165) is 0 Å². The number of unbranched alkanes of at least 4 members (excludes halogenated alkanes) is 1. The van der Waals surface area contributed by atoms with Crippen LogP contribution in [0.15, 0.2) is 23.8 Å². The number of ether oxygens (including phenoxy) is 3. The van der Waals surface area contributed by atoms with Crippen LogP contribution in [0.5, 0.6) is 0 Å². The summed E-state index contributed by atoms with van der Waals surface area (Å²) in [6, 6.07) is 0. The van der Waals surface area contributed by atoms with Gasteiger partial charge in [0.05, 0.1) is 31.3 Å². The van der Waals surface area contributed by atoms with E-state index < -0.39 is 58.7 Å². The number of hydrogen-bond acceptors (Lipinski definition) is 12. The summed E-state index contributed by atoms with van der Waals surface area (Å²) in [4.78, 5) is 53.3. The molecule has 3 fully saturated rings. The minimum absolute atomic E-state index is 0.0151. The van der Waals surface area contributed by atoms with Crippen molar-refractivity contribution in [3.8, 4) is 0 Å². The lowest BCUT2D eigenvalue weighted by Gasteiger charge is -2.62. The number of alkyl carbamates (subject to hydrolysis) is 1. The lowest BCUT2D eigenvalue weighted by molar-refractivity contribution is -0.492. The molecule has 7 atom stereocenters. The van der Waals surface area contributed by atoms with Crippen LogP contribution in [0.3, 0.4) is 0 Å². The molecule has 4 rings (SSSR count). The first-order valence-corrected chi connectivity index (χ1v) is 14.7. The average molecular weight is 613 g/mol. The zero-order valence-corrected chi connectivity index (χ0v) is 24.5. The van der Waals surface area contributed by atoms with E-state index in [2.05, 4.69) is 10.2 Å². The first kappa shape index (κ1) is 33.0. The molecule has 4 aliphatic rings. The van der Waals surface area contributed by atoms with Gasteiger partial charge in [-0.1, -0.05) is 18.6 Å². The number of carbonyl (C=O) groups excluding carboxylic acids is 4. The fourth-order valence-electron chi connectivity index (χ4n) is 7.86. The maximum absolute atomic E-state index is 17.1. The van der Waals surface area contributed by atoms with Crippen molar-refractivity contribution in [1.82, 2.24) is 10.7 Å². The number of aliphatic hydroxyl groups is 1. The molecule has 4 aliphatic carbocycles. The second-order valence-electron chi connectivity index (χ2n) is 12.2. The number of rotatable bonds is 12. The summed E-state index contributed by atoms with van der Waals surface area (Å²) in [6.45, 7) is 2.96. The van der Waals surface area contributed by atoms with Gasteiger partial charge in [0.25, 0.3) is 0 Å². The molecule has 14 heteroatoms. The van der Waals surface area contributed by atoms with Gasteiger partial charge < -0.3 is 24.6 Å². The van der Waals surface area contributed by atoms with Crippen molar-refractivity contribution in [2.24, 2.45) is 28.6 Å². The summed E-state index contributed by atoms with van der Waals surface area (Å²) in [5.41, 5.74) is -3.01. The van der Waals surface area contributed by atoms with Gasteiger partial charge >= 0.3 is 12.2 Å². The predicted octanol–water partition coefficient (Wildman–Crippen LogP) is 3.21. The highest BCUT2D eigenvalue weighted by Crippen LogP contribution is 2.68. The van der Waals surface area contributed by atoms with Gasteiger partial charge in [0.2, 0.25) is 0 Å². The summed E-state index contributed by atoms with van der Waals surface area (Å²) >= 11 is 0. The van der Waals surface area contributed by atoms with Crippen LogP contribution in [-0.2, 0) is 28.6 Å². The van der Waals surface area contributed by atoms with E-state index in [1.807, 2.05) is 6.92 Å². The van der Waals surface area contributed by atoms with Gasteiger partial charge in [-0.2, -0.15) is 0 Å². The molecule has 13 nitrogen and oxygen atoms in total. The van der Waals surface area contributed by atoms with Gasteiger partial charge in [0.15, 0.2) is 23.8 Å². The fraction of sp³-hybridized carbons (Fsp3) is 0.724. The van der Waals surface area contributed by atoms with Crippen LogP contribution in [0.2, 0.25) is 0 Å². The van der Waals surface area contributed by atoms with E-state index in [-0.39, 0.29) is 50.3 Å². The second kappa shape index (κ2) is 13.4. The van der Waals surface area contributed by atoms with Crippen LogP contribution in [0, 0.1) is 28.6 Å². The van der Waals surface area contributed by atoms with E-state index >= 15 is 4.39 Å². The Balaban J connectivity index is 1.21. The molecule has 0 radical (unpaired) electrons. The highest BCUT2D eigenvalue weighted by atomic mass is 19.1. The third-order valence-electron chi connectivity index (χ3n) is 9.93. The van der Waals surface area contributed by atoms with E-state index in [0.29, 0.717) is 44.1 Å². The summed E-state index contributed by atoms with van der Waals surface area (Å²) in [5, 5.41) is 30.1. The van der Waals surface area contributed by atoms with Crippen LogP contribution >= 0.6 is 0 Å². The predicted molar refractivity (Wildman–Crippen MR) is 144 cm³/mol. The van der Waals surface area contributed by atoms with E-state index in [1.165, 1.54) is 12.2 Å². The van der Waals surface area contributed by atoms with Crippen molar-refractivity contribution in [2.75, 3.05) is 33.0 Å². The maximum atomic E-state index is 17.1. The van der Waals surface area contributed by atoms with Crippen molar-refractivity contribution < 1.29 is 58.1 Å². The molecule has 3 saturated carbocycles. The lowest BCUT2D eigenvalue weighted by Crippen LogP contribution is -2.66. The van der Waals surface area contributed by atoms with Gasteiger partial charge in [0.1, 0.15) is 6.61 Å². The number of hydrogen-bond donors (Lipinski definition) is 4. The van der Waals surface area contributed by atoms with Crippen molar-refractivity contribution in [1.29, 1.82) is 0 Å². The monoisotopic (exact) mass is 612 g/mol. The SMILES string of the molecule is C[C@]12C[C@H](O)C3(F)[C@@H](CCC4=CC(=O)C=C[C@@]43C)C1CCC2C(=O)COC(=O)NCCOC(=O)OCCCCON(O)O. The average Bonchev–Trinajstić information content (AvgIpc) is 3.29. The molecule has 0 heterocycles. The van der Waals surface area contributed by atoms with Crippen LogP contribution in [0.1, 0.15) is 58.8 Å². The third kappa shape index (κ3) is 6.63. The summed E-state index contributed by atoms with van der Waals surface area (Å²) in [7, 11) is 0. The fourth-order valence-corrected chi connectivity index (χ4v) is 7.86. The summed E-state index contributed by atoms with van der Waals surface area (Å²) < 4.78 is 31.9. The molecule has 240 valence electrons. The number of allylic oxidation sites excluding steroid dienone is 4. The molecule has 0 saturated heterocycles. The first-order valence-electron chi connectivity index (χ1n) is 14.7. The topological polar surface area (TPSA) is 181 Å². The van der Waals surface area contributed by atoms with Crippen molar-refractivity contribution >= 4 is 23.8 Å². The standard InChI is InChI=1S/C29H41FN2O11/c1-27-16-24(35)29(30)21(6-5-18-15-19(33)9-10-28(18,29)2)20(27)7-8-22(27)23(34)17-42-25(36)31-11-14-41-26(37)40-12-3-4-13-43-32(38)39/h9-10,15,20-22,24,35,38-39H,3-8,11-14,16-17H2,1-2H3,(H,31,36)/t20?,21-,22?,24-,27-,28-,29?/m0/s1. The molecular formula is C29H41FN2O11. The van der Waals surface area contributed by atoms with Crippen molar-refractivity contribution in [2.45, 2.75) is 70.6 Å². The Morgan fingerprint density at radius 2 is 1.77 bits per heavy atom. The van der Waals surface area contributed by atoms with Crippen LogP contribution in [0.4, 0.5) is 14.0 Å². The zero-order chi connectivity index (χ0) is 31.4. The highest BCUT2D eigenvalue weighted by molar-refractivity contribution is 6.01. The molecule has 0 aliphatic heterocycles. The molecular weight excluding hydrogens is 571 g/mol. The number of fused-ring (bicyclic) bond motifs is 5. The van der Waals surface area contributed by atoms with Gasteiger partial charge in [-0.05, 0) is 75.4 Å². The number of nitrogens with zero attached hydrogens (tertiary/aromatic N) is 1. The van der Waals surface area contributed by atoms with Crippen LogP contribution in [-0.4, -0.2) is 89.5 Å². The number of Topliss-reactive ketones (excluding diaryl/α,β-unsaturated/α-hetero) is 1. The first-order chi connectivity index (χ1) is 20.3. The minimum Gasteiger partial charge on any atom is -0.442 e. The quantitative estimate of drug-likeness (QED) is 0.144. The van der Waals surface area contributed by atoms with E-state index in [9.17, 15) is 24.3 Å². The van der Waals surface area contributed by atoms with Gasteiger partial charge in [-0.15, -0.1) is 0 Å². The molecule has 0 bridgehead atoms. The zero-order valence-electron chi connectivity index (χ0n) is 24.5. The molecule has 4 N–H and O–H groups in total. The van der Waals surface area contributed by atoms with Gasteiger partial charge in [-0.3, -0.25) is 24.8 Å². The molecule has 0 aromatic rings. The Morgan fingerprint density at radius 3 is 2.51 bits per heavy atom. The maximum Gasteiger partial charge on any atom is 0.508 e. The summed E-state index contributed by atoms with van der Waals surface area (Å²) in [5.74, 6) is -1.60. The molecule has 3 unspecified atom stereocenters. The second-order valence-corrected chi connectivity index (χ2v) is 12.2. The van der Waals surface area contributed by atoms with Crippen LogP contribution < -0.4 is 5.32 Å². The largest absolute Gasteiger partial charge is 0.508 e. The molecule has 43 heavy (non-hydrogen) atoms. The van der Waals surface area contributed by atoms with E-state index in [4.69, 9.17) is 24.6 Å².